The monoisotopic (exact) mass is 1070 g/mol. The molecule has 0 aromatic rings. The smallest absolute Gasteiger partial charge is 0.304 e. The first-order valence-electron chi connectivity index (χ1n) is 25.4. The second kappa shape index (κ2) is 46.1. The van der Waals surface area contributed by atoms with E-state index in [4.69, 9.17) is 36.2 Å². The summed E-state index contributed by atoms with van der Waals surface area (Å²) in [6.07, 6.45) is 18.6. The Morgan fingerprint density at radius 1 is 0.446 bits per heavy atom. The van der Waals surface area contributed by atoms with E-state index in [-0.39, 0.29) is 30.8 Å². The number of hydrogen-bond acceptors (Lipinski definition) is 13. The van der Waals surface area contributed by atoms with Crippen LogP contribution in [0.5, 0.6) is 0 Å². The molecule has 0 fully saturated rings. The average molecular weight is 1080 g/mol. The Morgan fingerprint density at radius 2 is 0.738 bits per heavy atom. The number of carbonyl (C=O) groups is 1. The molecular formula is C47H98O10P4S4. The van der Waals surface area contributed by atoms with Crippen LogP contribution in [0.1, 0.15) is 199 Å². The first-order valence-corrected chi connectivity index (χ1v) is 36.5. The molecule has 65 heavy (non-hydrogen) atoms. The largest absolute Gasteiger partial charge is 0.481 e. The van der Waals surface area contributed by atoms with Crippen molar-refractivity contribution in [2.45, 2.75) is 224 Å². The maximum absolute atomic E-state index is 11.2. The number of rotatable bonds is 49. The van der Waals surface area contributed by atoms with Crippen molar-refractivity contribution in [1.82, 2.24) is 0 Å². The van der Waals surface area contributed by atoms with Crippen molar-refractivity contribution in [1.29, 1.82) is 0 Å². The Hall–Kier alpha value is 2.27. The Kier molecular flexibility index (Phi) is 47.7. The predicted octanol–water partition coefficient (Wildman–Crippen LogP) is 18.9. The van der Waals surface area contributed by atoms with Gasteiger partial charge in [0, 0.05) is 23.0 Å². The number of carboxylic acid groups (broad SMARTS) is 1. The number of aliphatic carboxylic acids is 1. The molecule has 0 aromatic heterocycles. The van der Waals surface area contributed by atoms with Gasteiger partial charge in [-0.25, -0.2) is 0 Å². The highest BCUT2D eigenvalue weighted by atomic mass is 32.7. The van der Waals surface area contributed by atoms with E-state index in [1.54, 1.807) is 34.1 Å². The molecular weight excluding hydrogens is 977 g/mol. The van der Waals surface area contributed by atoms with Gasteiger partial charge in [0.15, 0.2) is 0 Å². The second-order valence-electron chi connectivity index (χ2n) is 17.5. The van der Waals surface area contributed by atoms with Crippen LogP contribution in [0.3, 0.4) is 0 Å². The van der Waals surface area contributed by atoms with Gasteiger partial charge in [0.1, 0.15) is 0 Å². The molecule has 10 nitrogen and oxygen atoms in total. The van der Waals surface area contributed by atoms with Crippen LogP contribution in [0.4, 0.5) is 0 Å². The van der Waals surface area contributed by atoms with E-state index in [1.807, 2.05) is 20.8 Å². The summed E-state index contributed by atoms with van der Waals surface area (Å²) in [5, 5.41) is 9.22. The zero-order valence-corrected chi connectivity index (χ0v) is 50.2. The fraction of sp³-hybridized carbons (Fsp3) is 0.979. The molecule has 0 saturated heterocycles. The lowest BCUT2D eigenvalue weighted by molar-refractivity contribution is -0.136. The van der Waals surface area contributed by atoms with Gasteiger partial charge in [0.05, 0.1) is 57.3 Å². The lowest BCUT2D eigenvalue weighted by Crippen LogP contribution is -2.15. The van der Waals surface area contributed by atoms with E-state index in [9.17, 15) is 9.90 Å². The molecule has 0 aliphatic rings. The van der Waals surface area contributed by atoms with Gasteiger partial charge in [0.2, 0.25) is 30.3 Å². The number of carboxylic acids is 1. The average Bonchev–Trinajstić information content (AvgIpc) is 3.28. The van der Waals surface area contributed by atoms with Gasteiger partial charge < -0.3 is 41.3 Å². The van der Waals surface area contributed by atoms with Gasteiger partial charge in [-0.05, 0) is 84.0 Å². The maximum Gasteiger partial charge on any atom is 0.304 e. The first kappa shape index (κ1) is 67.3. The Balaban J connectivity index is 6.10. The summed E-state index contributed by atoms with van der Waals surface area (Å²) in [5.41, 5.74) is 0. The van der Waals surface area contributed by atoms with Gasteiger partial charge in [-0.2, -0.15) is 0 Å². The minimum Gasteiger partial charge on any atom is -0.481 e. The van der Waals surface area contributed by atoms with Crippen LogP contribution in [-0.4, -0.2) is 84.9 Å². The highest BCUT2D eigenvalue weighted by Crippen LogP contribution is 2.60. The van der Waals surface area contributed by atoms with E-state index in [0.29, 0.717) is 35.2 Å². The van der Waals surface area contributed by atoms with Crippen molar-refractivity contribution >= 4 is 81.8 Å². The molecule has 0 spiro atoms. The predicted molar refractivity (Wildman–Crippen MR) is 295 cm³/mol. The zero-order valence-electron chi connectivity index (χ0n) is 43.3. The lowest BCUT2D eigenvalue weighted by atomic mass is 10.0. The summed E-state index contributed by atoms with van der Waals surface area (Å²) >= 11 is 6.62. The fourth-order valence-corrected chi connectivity index (χ4v) is 19.4. The maximum atomic E-state index is 11.2. The van der Waals surface area contributed by atoms with Crippen LogP contribution in [0, 0.1) is 23.7 Å². The van der Waals surface area contributed by atoms with E-state index >= 15 is 0 Å². The van der Waals surface area contributed by atoms with Crippen LogP contribution in [0.25, 0.3) is 0 Å². The van der Waals surface area contributed by atoms with E-state index in [0.717, 1.165) is 63.6 Å². The SMILES string of the molecule is CCCCC(CC)COP(OCC(CC)CCCC)SCC(C)OP(OC(C)CSP(OCC(CC)CCCC)OCC(CC)CCCC)SCC(C)OP(OC(C)C)SCCC(=O)O. The van der Waals surface area contributed by atoms with Crippen molar-refractivity contribution < 1.29 is 46.1 Å². The summed E-state index contributed by atoms with van der Waals surface area (Å²) in [5.74, 6) is 3.90. The first-order chi connectivity index (χ1) is 31.3. The molecule has 390 valence electrons. The molecule has 1 N–H and O–H groups in total. The van der Waals surface area contributed by atoms with Crippen LogP contribution in [0.2, 0.25) is 0 Å². The van der Waals surface area contributed by atoms with Gasteiger partial charge in [-0.1, -0.05) is 178 Å². The number of hydrogen-bond donors (Lipinski definition) is 1. The minimum atomic E-state index is -1.36. The zero-order chi connectivity index (χ0) is 48.7. The molecule has 0 bridgehead atoms. The van der Waals surface area contributed by atoms with Crippen LogP contribution in [0.15, 0.2) is 0 Å². The molecule has 0 saturated carbocycles. The van der Waals surface area contributed by atoms with E-state index in [1.165, 1.54) is 88.4 Å². The Bertz CT molecular complexity index is 975. The van der Waals surface area contributed by atoms with Crippen molar-refractivity contribution in [3.63, 3.8) is 0 Å². The summed E-state index contributed by atoms with van der Waals surface area (Å²) in [6.45, 7) is 31.3. The molecule has 0 aliphatic heterocycles. The van der Waals surface area contributed by atoms with E-state index in [2.05, 4.69) is 69.2 Å². The van der Waals surface area contributed by atoms with Gasteiger partial charge in [-0.3, -0.25) is 4.79 Å². The second-order valence-corrected chi connectivity index (χ2v) is 30.3. The normalized spacial score (nSPS) is 17.3. The third kappa shape index (κ3) is 39.5. The summed E-state index contributed by atoms with van der Waals surface area (Å²) < 4.78 is 52.5. The fourth-order valence-electron chi connectivity index (χ4n) is 6.06. The molecule has 0 rings (SSSR count). The summed E-state index contributed by atoms with van der Waals surface area (Å²) in [7, 11) is -4.93. The van der Waals surface area contributed by atoms with Crippen LogP contribution < -0.4 is 0 Å². The molecule has 18 heteroatoms. The highest BCUT2D eigenvalue weighted by Gasteiger charge is 2.27. The van der Waals surface area contributed by atoms with Crippen molar-refractivity contribution in [2.75, 3.05) is 49.4 Å². The topological polar surface area (TPSA) is 111 Å². The molecule has 8 unspecified atom stereocenters. The third-order valence-electron chi connectivity index (χ3n) is 10.7. The van der Waals surface area contributed by atoms with Crippen molar-refractivity contribution in [3.05, 3.63) is 0 Å². The van der Waals surface area contributed by atoms with Crippen molar-refractivity contribution in [3.8, 4) is 0 Å². The molecule has 0 amide bonds. The van der Waals surface area contributed by atoms with Crippen LogP contribution in [-0.2, 0) is 41.0 Å². The van der Waals surface area contributed by atoms with Crippen LogP contribution >= 0.6 is 75.8 Å². The van der Waals surface area contributed by atoms with Crippen molar-refractivity contribution in [2.24, 2.45) is 23.7 Å². The summed E-state index contributed by atoms with van der Waals surface area (Å²) in [4.78, 5) is 11.2. The van der Waals surface area contributed by atoms with Gasteiger partial charge in [0.25, 0.3) is 0 Å². The Labute approximate surface area is 422 Å². The molecule has 0 aromatic carbocycles. The third-order valence-corrected chi connectivity index (χ3v) is 24.1. The van der Waals surface area contributed by atoms with E-state index < -0.39 is 36.3 Å². The highest BCUT2D eigenvalue weighted by molar-refractivity contribution is 8.54. The lowest BCUT2D eigenvalue weighted by Gasteiger charge is -2.28. The Morgan fingerprint density at radius 3 is 1.00 bits per heavy atom. The molecule has 0 radical (unpaired) electrons. The quantitative estimate of drug-likeness (QED) is 0.0584. The standard InChI is InChI=1S/C47H98O10P4S4/c1-14-22-26-43(18-5)32-50-58(51-33-44(19-6)27-23-15-2)63-36-40(11)56-61(65-38-42(13)55-60(54-39(9)10)62-31-30-47(48)49)57-41(12)37-64-59(52-34-45(20-7)28-24-16-3)53-35-46(21-8)29-25-17-4/h39-46H,14-38H2,1-13H3,(H,48,49). The van der Waals surface area contributed by atoms with Gasteiger partial charge in [-0.15, -0.1) is 0 Å². The molecule has 8 atom stereocenters. The molecule has 0 heterocycles. The summed E-state index contributed by atoms with van der Waals surface area (Å²) in [6, 6.07) is 0. The molecule has 0 aliphatic carbocycles. The number of unbranched alkanes of at least 4 members (excludes halogenated alkanes) is 4. The minimum absolute atomic E-state index is 0.0301. The van der Waals surface area contributed by atoms with Gasteiger partial charge >= 0.3 is 5.97 Å².